The summed E-state index contributed by atoms with van der Waals surface area (Å²) in [5, 5.41) is 26.8. The third kappa shape index (κ3) is 7.72. The highest BCUT2D eigenvalue weighted by Crippen LogP contribution is 2.30. The molecule has 1 heterocycles. The van der Waals surface area contributed by atoms with Crippen LogP contribution in [-0.2, 0) is 27.4 Å². The molecule has 1 aliphatic heterocycles. The average Bonchev–Trinajstić information content (AvgIpc) is 3.37. The summed E-state index contributed by atoms with van der Waals surface area (Å²) in [5.41, 5.74) is 3.38. The Morgan fingerprint density at radius 3 is 2.40 bits per heavy atom. The van der Waals surface area contributed by atoms with Crippen LogP contribution < -0.4 is 10.1 Å². The molecule has 0 fully saturated rings. The molecule has 0 aromatic heterocycles. The minimum absolute atomic E-state index is 0.158. The zero-order valence-corrected chi connectivity index (χ0v) is 23.2. The zero-order valence-electron chi connectivity index (χ0n) is 23.2. The number of hydrogen-bond acceptors (Lipinski definition) is 7. The fourth-order valence-electron chi connectivity index (χ4n) is 4.82. The molecule has 1 amide bonds. The molecule has 0 radical (unpaired) electrons. The van der Waals surface area contributed by atoms with Gasteiger partial charge in [0, 0.05) is 12.8 Å². The van der Waals surface area contributed by atoms with E-state index in [9.17, 15) is 14.8 Å². The average molecular weight is 544 g/mol. The van der Waals surface area contributed by atoms with Gasteiger partial charge in [-0.3, -0.25) is 4.79 Å². The first kappa shape index (κ1) is 29.3. The summed E-state index contributed by atoms with van der Waals surface area (Å²) in [4.78, 5) is 19.4. The lowest BCUT2D eigenvalue weighted by Gasteiger charge is -2.29. The first-order valence-corrected chi connectivity index (χ1v) is 13.5. The van der Waals surface area contributed by atoms with Crippen molar-refractivity contribution < 1.29 is 29.2 Å². The Kier molecular flexibility index (Phi) is 9.98. The molecule has 3 aromatic rings. The lowest BCUT2D eigenvalue weighted by molar-refractivity contribution is -0.144. The van der Waals surface area contributed by atoms with Gasteiger partial charge in [0.05, 0.1) is 32.0 Å². The minimum atomic E-state index is -1.68. The van der Waals surface area contributed by atoms with E-state index in [0.29, 0.717) is 18.7 Å². The first-order valence-electron chi connectivity index (χ1n) is 13.5. The highest BCUT2D eigenvalue weighted by molar-refractivity contribution is 6.43. The Labute approximate surface area is 236 Å². The Morgan fingerprint density at radius 1 is 1.00 bits per heavy atom. The number of amides is 1. The van der Waals surface area contributed by atoms with Gasteiger partial charge >= 0.3 is 7.12 Å². The lowest BCUT2D eigenvalue weighted by atomic mass is 9.74. The number of carbonyl (C=O) groups excluding carboxylic acids is 1. The van der Waals surface area contributed by atoms with Crippen molar-refractivity contribution in [2.24, 2.45) is 11.1 Å². The molecule has 1 aliphatic rings. The maximum absolute atomic E-state index is 13.5. The summed E-state index contributed by atoms with van der Waals surface area (Å²) in [7, 11) is -0.0348. The molecule has 3 N–H and O–H groups in total. The van der Waals surface area contributed by atoms with Gasteiger partial charge in [-0.15, -0.1) is 0 Å². The lowest BCUT2D eigenvalue weighted by Crippen LogP contribution is -2.56. The smallest absolute Gasteiger partial charge is 0.475 e. The molecule has 0 saturated heterocycles. The van der Waals surface area contributed by atoms with Gasteiger partial charge in [0.15, 0.2) is 0 Å². The van der Waals surface area contributed by atoms with Crippen molar-refractivity contribution in [2.75, 3.05) is 13.7 Å². The molecule has 0 aliphatic carbocycles. The normalized spacial score (nSPS) is 17.2. The molecule has 40 heavy (non-hydrogen) atoms. The Hall–Kier alpha value is -3.66. The molecule has 0 saturated carbocycles. The molecule has 2 atom stereocenters. The van der Waals surface area contributed by atoms with Crippen LogP contribution in [0.5, 0.6) is 5.75 Å². The van der Waals surface area contributed by atoms with Crippen LogP contribution in [-0.4, -0.2) is 54.0 Å². The van der Waals surface area contributed by atoms with E-state index in [1.165, 1.54) is 0 Å². The number of nitrogens with one attached hydrogen (secondary N) is 1. The topological polar surface area (TPSA) is 110 Å². The van der Waals surface area contributed by atoms with Crippen molar-refractivity contribution in [3.8, 4) is 16.9 Å². The Bertz CT molecular complexity index is 1280. The fraction of sp³-hybridized carbons (Fsp3) is 0.355. The zero-order chi connectivity index (χ0) is 28.5. The van der Waals surface area contributed by atoms with Crippen LogP contribution in [0.25, 0.3) is 11.1 Å². The van der Waals surface area contributed by atoms with Crippen molar-refractivity contribution >= 4 is 18.7 Å². The molecule has 8 nitrogen and oxygen atoms in total. The molecule has 9 heteroatoms. The second-order valence-electron chi connectivity index (χ2n) is 10.6. The van der Waals surface area contributed by atoms with Crippen molar-refractivity contribution in [2.45, 2.75) is 51.3 Å². The van der Waals surface area contributed by atoms with Crippen LogP contribution in [0, 0.1) is 5.92 Å². The standard InChI is InChI=1S/C31H37BN2O6/c1-22(2)16-29(32(36)37)33-30(35)31(18-23-8-5-4-6-9-23)19-27(34-40-31)21-39-20-24-10-7-11-26(17-24)25-12-14-28(38-3)15-13-25/h4-15,17,22,29,36-37H,16,18-21H2,1-3H3,(H,33,35)/t29-,31?/m0/s1. The van der Waals surface area contributed by atoms with Crippen LogP contribution in [0.1, 0.15) is 37.8 Å². The predicted octanol–water partition coefficient (Wildman–Crippen LogP) is 4.18. The van der Waals surface area contributed by atoms with E-state index in [2.05, 4.69) is 16.5 Å². The van der Waals surface area contributed by atoms with Crippen molar-refractivity contribution in [1.82, 2.24) is 5.32 Å². The molecule has 3 aromatic carbocycles. The second kappa shape index (κ2) is 13.6. The van der Waals surface area contributed by atoms with E-state index < -0.39 is 24.6 Å². The number of nitrogens with zero attached hydrogens (tertiary/aromatic N) is 1. The van der Waals surface area contributed by atoms with Gasteiger partial charge in [-0.05, 0) is 52.8 Å². The quantitative estimate of drug-likeness (QED) is 0.279. The number of carbonyl (C=O) groups is 1. The highest BCUT2D eigenvalue weighted by atomic mass is 16.7. The van der Waals surface area contributed by atoms with E-state index in [1.54, 1.807) is 7.11 Å². The van der Waals surface area contributed by atoms with Gasteiger partial charge in [0.1, 0.15) is 5.75 Å². The van der Waals surface area contributed by atoms with E-state index in [4.69, 9.17) is 14.3 Å². The Balaban J connectivity index is 1.40. The van der Waals surface area contributed by atoms with E-state index in [0.717, 1.165) is 28.0 Å². The minimum Gasteiger partial charge on any atom is -0.497 e. The molecule has 210 valence electrons. The summed E-state index contributed by atoms with van der Waals surface area (Å²) < 4.78 is 11.2. The number of oxime groups is 1. The summed E-state index contributed by atoms with van der Waals surface area (Å²) >= 11 is 0. The maximum Gasteiger partial charge on any atom is 0.475 e. The summed E-state index contributed by atoms with van der Waals surface area (Å²) in [5.74, 6) is -0.282. The van der Waals surface area contributed by atoms with Crippen LogP contribution in [0.15, 0.2) is 84.0 Å². The van der Waals surface area contributed by atoms with Crippen LogP contribution >= 0.6 is 0 Å². The van der Waals surface area contributed by atoms with Gasteiger partial charge in [0.2, 0.25) is 5.60 Å². The van der Waals surface area contributed by atoms with Crippen molar-refractivity contribution in [1.29, 1.82) is 0 Å². The largest absolute Gasteiger partial charge is 0.497 e. The number of rotatable bonds is 13. The van der Waals surface area contributed by atoms with Crippen LogP contribution in [0.2, 0.25) is 0 Å². The van der Waals surface area contributed by atoms with Gasteiger partial charge in [-0.2, -0.15) is 0 Å². The second-order valence-corrected chi connectivity index (χ2v) is 10.6. The highest BCUT2D eigenvalue weighted by Gasteiger charge is 2.48. The van der Waals surface area contributed by atoms with Crippen LogP contribution in [0.3, 0.4) is 0 Å². The van der Waals surface area contributed by atoms with E-state index >= 15 is 0 Å². The number of ether oxygens (including phenoxy) is 2. The van der Waals surface area contributed by atoms with Gasteiger partial charge in [0.25, 0.3) is 5.91 Å². The third-order valence-corrected chi connectivity index (χ3v) is 6.87. The van der Waals surface area contributed by atoms with Crippen molar-refractivity contribution in [3.05, 3.63) is 90.0 Å². The summed E-state index contributed by atoms with van der Waals surface area (Å²) in [6.07, 6.45) is 0.930. The van der Waals surface area contributed by atoms with E-state index in [-0.39, 0.29) is 25.4 Å². The molecule has 1 unspecified atom stereocenters. The SMILES string of the molecule is COc1ccc(-c2cccc(COCC3=NOC(Cc4ccccc4)(C(=O)N[C@@H](CC(C)C)B(O)O)C3)c2)cc1. The third-order valence-electron chi connectivity index (χ3n) is 6.87. The van der Waals surface area contributed by atoms with Gasteiger partial charge in [-0.1, -0.05) is 79.7 Å². The monoisotopic (exact) mass is 544 g/mol. The fourth-order valence-corrected chi connectivity index (χ4v) is 4.82. The van der Waals surface area contributed by atoms with Crippen LogP contribution in [0.4, 0.5) is 0 Å². The molecule has 4 rings (SSSR count). The first-order chi connectivity index (χ1) is 19.3. The van der Waals surface area contributed by atoms with Gasteiger partial charge < -0.3 is 29.7 Å². The summed E-state index contributed by atoms with van der Waals surface area (Å²) in [6.45, 7) is 4.49. The van der Waals surface area contributed by atoms with Gasteiger partial charge in [-0.25, -0.2) is 0 Å². The van der Waals surface area contributed by atoms with E-state index in [1.807, 2.05) is 86.6 Å². The molecule has 0 spiro atoms. The maximum atomic E-state index is 13.5. The summed E-state index contributed by atoms with van der Waals surface area (Å²) in [6, 6.07) is 25.6. The molecular formula is C31H37BN2O6. The van der Waals surface area contributed by atoms with Crippen molar-refractivity contribution in [3.63, 3.8) is 0 Å². The predicted molar refractivity (Wildman–Crippen MR) is 156 cm³/mol. The molecular weight excluding hydrogens is 507 g/mol. The number of benzene rings is 3. The Morgan fingerprint density at radius 2 is 1.73 bits per heavy atom. The molecule has 0 bridgehead atoms. The number of methoxy groups -OCH3 is 1. The number of hydrogen-bond donors (Lipinski definition) is 3.